The molecule has 1 heterocycles. The molecule has 1 fully saturated rings. The summed E-state index contributed by atoms with van der Waals surface area (Å²) in [6.07, 6.45) is 0. The van der Waals surface area contributed by atoms with E-state index in [2.05, 4.69) is 28.9 Å². The molecular formula is C12H19BN2O2S. The molecule has 1 aromatic rings. The number of thiol groups is 1. The van der Waals surface area contributed by atoms with E-state index in [0.717, 1.165) is 43.0 Å². The molecule has 4 nitrogen and oxygen atoms in total. The van der Waals surface area contributed by atoms with E-state index >= 15 is 0 Å². The molecule has 18 heavy (non-hydrogen) atoms. The molecule has 6 heteroatoms. The largest absolute Gasteiger partial charge is 0.488 e. The number of anilines is 1. The third kappa shape index (κ3) is 2.83. The van der Waals surface area contributed by atoms with Gasteiger partial charge < -0.3 is 20.3 Å². The van der Waals surface area contributed by atoms with Gasteiger partial charge in [-0.15, -0.1) is 0 Å². The van der Waals surface area contributed by atoms with Crippen molar-refractivity contribution >= 4 is 30.9 Å². The molecule has 0 spiro atoms. The van der Waals surface area contributed by atoms with Crippen molar-refractivity contribution in [1.82, 2.24) is 5.32 Å². The lowest BCUT2D eigenvalue weighted by Crippen LogP contribution is -2.44. The second-order valence-electron chi connectivity index (χ2n) is 4.59. The Morgan fingerprint density at radius 3 is 2.56 bits per heavy atom. The van der Waals surface area contributed by atoms with E-state index in [9.17, 15) is 10.0 Å². The van der Waals surface area contributed by atoms with Crippen LogP contribution in [0, 0.1) is 6.92 Å². The molecule has 0 saturated carbocycles. The van der Waals surface area contributed by atoms with Crippen LogP contribution in [0.4, 0.5) is 5.69 Å². The van der Waals surface area contributed by atoms with Gasteiger partial charge in [0.25, 0.3) is 0 Å². The molecule has 1 saturated heterocycles. The van der Waals surface area contributed by atoms with E-state index in [1.165, 1.54) is 0 Å². The summed E-state index contributed by atoms with van der Waals surface area (Å²) < 4.78 is 0. The molecule has 1 aliphatic heterocycles. The molecule has 3 N–H and O–H groups in total. The van der Waals surface area contributed by atoms with Gasteiger partial charge in [-0.05, 0) is 35.6 Å². The molecule has 0 bridgehead atoms. The van der Waals surface area contributed by atoms with E-state index in [1.54, 1.807) is 0 Å². The highest BCUT2D eigenvalue weighted by atomic mass is 32.1. The van der Waals surface area contributed by atoms with Crippen LogP contribution >= 0.6 is 12.6 Å². The number of nitrogens with zero attached hydrogens (tertiary/aromatic N) is 1. The first-order chi connectivity index (χ1) is 8.63. The van der Waals surface area contributed by atoms with Crippen molar-refractivity contribution in [3.05, 3.63) is 23.3 Å². The minimum Gasteiger partial charge on any atom is -0.423 e. The fraction of sp³-hybridized carbons (Fsp3) is 0.500. The molecular weight excluding hydrogens is 247 g/mol. The second kappa shape index (κ2) is 5.97. The Balaban J connectivity index is 2.37. The fourth-order valence-electron chi connectivity index (χ4n) is 2.32. The monoisotopic (exact) mass is 266 g/mol. The molecule has 0 aliphatic carbocycles. The van der Waals surface area contributed by atoms with Gasteiger partial charge in [0.15, 0.2) is 0 Å². The van der Waals surface area contributed by atoms with E-state index in [1.807, 2.05) is 13.0 Å². The summed E-state index contributed by atoms with van der Waals surface area (Å²) in [5.74, 6) is 0.603. The van der Waals surface area contributed by atoms with Crippen LogP contribution in [-0.4, -0.2) is 43.3 Å². The average molecular weight is 266 g/mol. The molecule has 1 aliphatic rings. The molecule has 98 valence electrons. The van der Waals surface area contributed by atoms with Gasteiger partial charge in [0.05, 0.1) is 0 Å². The summed E-state index contributed by atoms with van der Waals surface area (Å²) in [6.45, 7) is 5.70. The van der Waals surface area contributed by atoms with Crippen LogP contribution in [0.1, 0.15) is 11.1 Å². The Kier molecular flexibility index (Phi) is 4.56. The Bertz CT molecular complexity index is 423. The zero-order chi connectivity index (χ0) is 13.1. The topological polar surface area (TPSA) is 55.7 Å². The first-order valence-electron chi connectivity index (χ1n) is 6.19. The van der Waals surface area contributed by atoms with Gasteiger partial charge in [-0.3, -0.25) is 0 Å². The van der Waals surface area contributed by atoms with E-state index in [0.29, 0.717) is 11.2 Å². The summed E-state index contributed by atoms with van der Waals surface area (Å²) >= 11 is 4.31. The van der Waals surface area contributed by atoms with E-state index < -0.39 is 7.12 Å². The van der Waals surface area contributed by atoms with E-state index in [-0.39, 0.29) is 0 Å². The SMILES string of the molecule is Cc1c(CS)cc(N2CCNCC2)cc1B(O)O. The Morgan fingerprint density at radius 2 is 2.00 bits per heavy atom. The lowest BCUT2D eigenvalue weighted by Gasteiger charge is -2.30. The van der Waals surface area contributed by atoms with Crippen LogP contribution in [0.3, 0.4) is 0 Å². The van der Waals surface area contributed by atoms with Crippen LogP contribution < -0.4 is 15.7 Å². The number of rotatable bonds is 3. The smallest absolute Gasteiger partial charge is 0.423 e. The van der Waals surface area contributed by atoms with Gasteiger partial charge >= 0.3 is 7.12 Å². The van der Waals surface area contributed by atoms with Crippen molar-refractivity contribution in [2.24, 2.45) is 0 Å². The van der Waals surface area contributed by atoms with Gasteiger partial charge in [-0.2, -0.15) is 12.6 Å². The van der Waals surface area contributed by atoms with Gasteiger partial charge in [-0.1, -0.05) is 0 Å². The molecule has 0 amide bonds. The predicted molar refractivity (Wildman–Crippen MR) is 78.8 cm³/mol. The maximum Gasteiger partial charge on any atom is 0.488 e. The maximum absolute atomic E-state index is 9.45. The highest BCUT2D eigenvalue weighted by Crippen LogP contribution is 2.20. The normalized spacial score (nSPS) is 15.9. The number of hydrogen-bond donors (Lipinski definition) is 4. The van der Waals surface area contributed by atoms with Crippen molar-refractivity contribution in [2.75, 3.05) is 31.1 Å². The van der Waals surface area contributed by atoms with Crippen LogP contribution in [0.2, 0.25) is 0 Å². The third-order valence-corrected chi connectivity index (χ3v) is 3.81. The minimum atomic E-state index is -1.42. The summed E-state index contributed by atoms with van der Waals surface area (Å²) in [5.41, 5.74) is 3.60. The molecule has 0 aromatic heterocycles. The number of benzene rings is 1. The third-order valence-electron chi connectivity index (χ3n) is 3.47. The summed E-state index contributed by atoms with van der Waals surface area (Å²) in [7, 11) is -1.42. The predicted octanol–water partition coefficient (Wildman–Crippen LogP) is -0.486. The molecule has 0 atom stereocenters. The van der Waals surface area contributed by atoms with Crippen molar-refractivity contribution < 1.29 is 10.0 Å². The summed E-state index contributed by atoms with van der Waals surface area (Å²) in [5, 5.41) is 22.2. The maximum atomic E-state index is 9.45. The van der Waals surface area contributed by atoms with Gasteiger partial charge in [-0.25, -0.2) is 0 Å². The Hall–Kier alpha value is -0.685. The summed E-state index contributed by atoms with van der Waals surface area (Å²) in [4.78, 5) is 2.26. The Morgan fingerprint density at radius 1 is 1.33 bits per heavy atom. The van der Waals surface area contributed by atoms with Gasteiger partial charge in [0.2, 0.25) is 0 Å². The minimum absolute atomic E-state index is 0.579. The van der Waals surface area contributed by atoms with Crippen molar-refractivity contribution in [3.63, 3.8) is 0 Å². The summed E-state index contributed by atoms with van der Waals surface area (Å²) in [6, 6.07) is 3.97. The zero-order valence-electron chi connectivity index (χ0n) is 10.6. The van der Waals surface area contributed by atoms with Crippen molar-refractivity contribution in [2.45, 2.75) is 12.7 Å². The number of piperazine rings is 1. The fourth-order valence-corrected chi connectivity index (χ4v) is 2.65. The first kappa shape index (κ1) is 13.7. The van der Waals surface area contributed by atoms with Crippen LogP contribution in [0.5, 0.6) is 0 Å². The van der Waals surface area contributed by atoms with Gasteiger partial charge in [0.1, 0.15) is 0 Å². The lowest BCUT2D eigenvalue weighted by atomic mass is 9.75. The van der Waals surface area contributed by atoms with Gasteiger partial charge in [0, 0.05) is 37.6 Å². The van der Waals surface area contributed by atoms with Crippen LogP contribution in [0.25, 0.3) is 0 Å². The van der Waals surface area contributed by atoms with Crippen molar-refractivity contribution in [1.29, 1.82) is 0 Å². The molecule has 0 unspecified atom stereocenters. The molecule has 0 radical (unpaired) electrons. The first-order valence-corrected chi connectivity index (χ1v) is 6.83. The highest BCUT2D eigenvalue weighted by Gasteiger charge is 2.19. The highest BCUT2D eigenvalue weighted by molar-refractivity contribution is 7.79. The quantitative estimate of drug-likeness (QED) is 0.441. The zero-order valence-corrected chi connectivity index (χ0v) is 11.5. The van der Waals surface area contributed by atoms with E-state index in [4.69, 9.17) is 0 Å². The van der Waals surface area contributed by atoms with Crippen LogP contribution in [-0.2, 0) is 5.75 Å². The molecule has 1 aromatic carbocycles. The Labute approximate surface area is 114 Å². The number of hydrogen-bond acceptors (Lipinski definition) is 5. The standard InChI is InChI=1S/C12H19BN2O2S/c1-9-10(8-18)6-11(7-12(9)13(16)17)15-4-2-14-3-5-15/h6-7,14,16-18H,2-5,8H2,1H3. The lowest BCUT2D eigenvalue weighted by molar-refractivity contribution is 0.425. The second-order valence-corrected chi connectivity index (χ2v) is 4.90. The van der Waals surface area contributed by atoms with Crippen LogP contribution in [0.15, 0.2) is 12.1 Å². The number of nitrogens with one attached hydrogen (secondary N) is 1. The van der Waals surface area contributed by atoms with Crippen molar-refractivity contribution in [3.8, 4) is 0 Å². The molecule has 2 rings (SSSR count). The average Bonchev–Trinajstić information content (AvgIpc) is 2.39.